The summed E-state index contributed by atoms with van der Waals surface area (Å²) in [5.74, 6) is 0.983. The highest BCUT2D eigenvalue weighted by Gasteiger charge is 2.34. The minimum absolute atomic E-state index is 0.0844. The number of aromatic nitrogens is 1. The molecule has 3 aromatic rings. The van der Waals surface area contributed by atoms with E-state index >= 15 is 0 Å². The number of fused-ring (bicyclic) bond motifs is 2. The number of para-hydroxylation sites is 2. The number of carbonyl (C=O) groups is 1. The normalized spacial score (nSPS) is 19.5. The molecule has 1 aromatic heterocycles. The van der Waals surface area contributed by atoms with Crippen molar-refractivity contribution in [3.8, 4) is 5.75 Å². The van der Waals surface area contributed by atoms with E-state index in [9.17, 15) is 4.79 Å². The third kappa shape index (κ3) is 2.67. The van der Waals surface area contributed by atoms with Crippen molar-refractivity contribution in [1.29, 1.82) is 0 Å². The quantitative estimate of drug-likeness (QED) is 0.663. The van der Waals surface area contributed by atoms with Crippen LogP contribution in [-0.4, -0.2) is 16.4 Å². The van der Waals surface area contributed by atoms with Gasteiger partial charge in [-0.25, -0.2) is 0 Å². The first-order valence-electron chi connectivity index (χ1n) is 8.29. The zero-order chi connectivity index (χ0) is 16.6. The Morgan fingerprint density at radius 2 is 1.96 bits per heavy atom. The number of benzene rings is 2. The molecule has 2 aromatic carbocycles. The van der Waals surface area contributed by atoms with E-state index in [0.29, 0.717) is 12.0 Å². The zero-order valence-electron chi connectivity index (χ0n) is 13.7. The summed E-state index contributed by atoms with van der Waals surface area (Å²) in [6.45, 7) is 2.03. The summed E-state index contributed by atoms with van der Waals surface area (Å²) in [7, 11) is 0. The Balaban J connectivity index is 1.62. The fraction of sp³-hybridized carbons (Fsp3) is 0.238. The van der Waals surface area contributed by atoms with E-state index in [1.807, 2.05) is 55.5 Å². The number of pyridine rings is 1. The van der Waals surface area contributed by atoms with Crippen LogP contribution in [0.25, 0.3) is 10.9 Å². The van der Waals surface area contributed by atoms with Crippen molar-refractivity contribution in [2.24, 2.45) is 0 Å². The van der Waals surface area contributed by atoms with Gasteiger partial charge in [-0.1, -0.05) is 36.4 Å². The first-order valence-corrected chi connectivity index (χ1v) is 8.29. The number of hydrogen-bond donors (Lipinski definition) is 0. The fourth-order valence-corrected chi connectivity index (χ4v) is 3.41. The van der Waals surface area contributed by atoms with Crippen LogP contribution in [-0.2, 0) is 6.42 Å². The highest BCUT2D eigenvalue weighted by atomic mass is 16.5. The van der Waals surface area contributed by atoms with Gasteiger partial charge in [0.05, 0.1) is 11.9 Å². The van der Waals surface area contributed by atoms with Gasteiger partial charge in [0.25, 0.3) is 0 Å². The molecule has 0 N–H and O–H groups in total. The van der Waals surface area contributed by atoms with Crippen LogP contribution < -0.4 is 4.74 Å². The second-order valence-electron chi connectivity index (χ2n) is 6.64. The van der Waals surface area contributed by atoms with Crippen molar-refractivity contribution >= 4 is 16.7 Å². The minimum Gasteiger partial charge on any atom is -0.487 e. The summed E-state index contributed by atoms with van der Waals surface area (Å²) in [5, 5.41) is 0.989. The van der Waals surface area contributed by atoms with Gasteiger partial charge in [0.2, 0.25) is 0 Å². The van der Waals surface area contributed by atoms with Crippen molar-refractivity contribution in [2.75, 3.05) is 0 Å². The molecule has 0 spiro atoms. The Hall–Kier alpha value is -2.68. The minimum atomic E-state index is -0.470. The molecule has 0 amide bonds. The molecule has 24 heavy (non-hydrogen) atoms. The summed E-state index contributed by atoms with van der Waals surface area (Å²) in [5.41, 5.74) is 2.19. The van der Waals surface area contributed by atoms with Crippen LogP contribution in [0, 0.1) is 0 Å². The van der Waals surface area contributed by atoms with Gasteiger partial charge in [-0.2, -0.15) is 0 Å². The molecular formula is C21H19NO2. The lowest BCUT2D eigenvalue weighted by Crippen LogP contribution is -2.38. The molecule has 0 fully saturated rings. The van der Waals surface area contributed by atoms with Crippen molar-refractivity contribution in [2.45, 2.75) is 31.8 Å². The second-order valence-corrected chi connectivity index (χ2v) is 6.64. The lowest BCUT2D eigenvalue weighted by molar-refractivity contribution is 0.0495. The van der Waals surface area contributed by atoms with Gasteiger partial charge in [0.15, 0.2) is 5.78 Å². The van der Waals surface area contributed by atoms with Crippen LogP contribution in [0.5, 0.6) is 5.75 Å². The molecule has 0 radical (unpaired) electrons. The molecule has 120 valence electrons. The van der Waals surface area contributed by atoms with Gasteiger partial charge in [-0.3, -0.25) is 9.78 Å². The van der Waals surface area contributed by atoms with Crippen LogP contribution in [0.15, 0.2) is 60.8 Å². The smallest absolute Gasteiger partial charge is 0.169 e. The Labute approximate surface area is 141 Å². The van der Waals surface area contributed by atoms with Crippen LogP contribution >= 0.6 is 0 Å². The molecule has 3 nitrogen and oxygen atoms in total. The van der Waals surface area contributed by atoms with E-state index in [1.165, 1.54) is 5.56 Å². The van der Waals surface area contributed by atoms with Gasteiger partial charge in [-0.05, 0) is 43.5 Å². The van der Waals surface area contributed by atoms with Gasteiger partial charge in [0, 0.05) is 17.1 Å². The fourth-order valence-electron chi connectivity index (χ4n) is 3.41. The third-order valence-corrected chi connectivity index (χ3v) is 4.72. The van der Waals surface area contributed by atoms with Gasteiger partial charge in [-0.15, -0.1) is 0 Å². The summed E-state index contributed by atoms with van der Waals surface area (Å²) >= 11 is 0. The molecule has 0 saturated heterocycles. The predicted molar refractivity (Wildman–Crippen MR) is 94.5 cm³/mol. The van der Waals surface area contributed by atoms with Crippen molar-refractivity contribution in [3.63, 3.8) is 0 Å². The third-order valence-electron chi connectivity index (χ3n) is 4.72. The number of ether oxygens (including phenoxy) is 1. The van der Waals surface area contributed by atoms with E-state index in [0.717, 1.165) is 29.5 Å². The molecule has 0 aliphatic carbocycles. The molecule has 4 rings (SSSR count). The van der Waals surface area contributed by atoms with Gasteiger partial charge >= 0.3 is 0 Å². The second kappa shape index (κ2) is 5.75. The first kappa shape index (κ1) is 14.9. The van der Waals surface area contributed by atoms with Gasteiger partial charge in [0.1, 0.15) is 11.4 Å². The topological polar surface area (TPSA) is 39.2 Å². The number of ketones is 1. The summed E-state index contributed by atoms with van der Waals surface area (Å²) in [6, 6.07) is 17.7. The van der Waals surface area contributed by atoms with E-state index in [1.54, 1.807) is 6.20 Å². The standard InChI is InChI=1S/C21H19NO2/c1-21(12-11-15-6-2-3-10-19(15)24-21)14-18(23)17-9-4-7-16-8-5-13-22-20(16)17/h2-10,13H,11-12,14H2,1H3. The van der Waals surface area contributed by atoms with E-state index < -0.39 is 5.60 Å². The number of Topliss-reactive ketones (excluding diaryl/α,β-unsaturated/α-hetero) is 1. The molecule has 0 bridgehead atoms. The molecule has 3 heteroatoms. The Bertz CT molecular complexity index is 913. The van der Waals surface area contributed by atoms with Crippen molar-refractivity contribution in [1.82, 2.24) is 4.98 Å². The number of rotatable bonds is 3. The molecule has 1 atom stereocenters. The predicted octanol–water partition coefficient (Wildman–Crippen LogP) is 4.59. The molecule has 2 heterocycles. The Morgan fingerprint density at radius 1 is 1.12 bits per heavy atom. The summed E-state index contributed by atoms with van der Waals surface area (Å²) < 4.78 is 6.18. The molecule has 1 unspecified atom stereocenters. The number of hydrogen-bond acceptors (Lipinski definition) is 3. The highest BCUT2D eigenvalue weighted by Crippen LogP contribution is 2.35. The van der Waals surface area contributed by atoms with Gasteiger partial charge < -0.3 is 4.74 Å². The molecular weight excluding hydrogens is 298 g/mol. The maximum Gasteiger partial charge on any atom is 0.169 e. The maximum atomic E-state index is 12.9. The summed E-state index contributed by atoms with van der Waals surface area (Å²) in [6.07, 6.45) is 3.87. The lowest BCUT2D eigenvalue weighted by atomic mass is 9.86. The maximum absolute atomic E-state index is 12.9. The highest BCUT2D eigenvalue weighted by molar-refractivity contribution is 6.06. The SMILES string of the molecule is CC1(CC(=O)c2cccc3cccnc23)CCc2ccccc2O1. The van der Waals surface area contributed by atoms with Crippen molar-refractivity contribution in [3.05, 3.63) is 71.9 Å². The van der Waals surface area contributed by atoms with E-state index in [2.05, 4.69) is 11.1 Å². The lowest BCUT2D eigenvalue weighted by Gasteiger charge is -2.35. The van der Waals surface area contributed by atoms with Crippen LogP contribution in [0.2, 0.25) is 0 Å². The Kier molecular flexibility index (Phi) is 3.57. The van der Waals surface area contributed by atoms with Crippen LogP contribution in [0.4, 0.5) is 0 Å². The average Bonchev–Trinajstić information content (AvgIpc) is 2.60. The van der Waals surface area contributed by atoms with E-state index in [4.69, 9.17) is 4.74 Å². The zero-order valence-corrected chi connectivity index (χ0v) is 13.7. The molecule has 0 saturated carbocycles. The number of carbonyl (C=O) groups excluding carboxylic acids is 1. The van der Waals surface area contributed by atoms with Crippen LogP contribution in [0.1, 0.15) is 35.7 Å². The van der Waals surface area contributed by atoms with Crippen molar-refractivity contribution < 1.29 is 9.53 Å². The summed E-state index contributed by atoms with van der Waals surface area (Å²) in [4.78, 5) is 17.3. The molecule has 1 aliphatic rings. The van der Waals surface area contributed by atoms with E-state index in [-0.39, 0.29) is 5.78 Å². The average molecular weight is 317 g/mol. The first-order chi connectivity index (χ1) is 11.6. The number of aryl methyl sites for hydroxylation is 1. The molecule has 1 aliphatic heterocycles. The number of nitrogens with zero attached hydrogens (tertiary/aromatic N) is 1. The monoisotopic (exact) mass is 317 g/mol. The van der Waals surface area contributed by atoms with Crippen LogP contribution in [0.3, 0.4) is 0 Å². The Morgan fingerprint density at radius 3 is 2.88 bits per heavy atom. The largest absolute Gasteiger partial charge is 0.487 e.